The van der Waals surface area contributed by atoms with E-state index >= 15 is 0 Å². The number of hydrogen-bond acceptors (Lipinski definition) is 2. The first-order valence-electron chi connectivity index (χ1n) is 5.04. The highest BCUT2D eigenvalue weighted by atomic mass is 19.2. The number of amides is 1. The van der Waals surface area contributed by atoms with Crippen LogP contribution in [-0.4, -0.2) is 18.5 Å². The summed E-state index contributed by atoms with van der Waals surface area (Å²) >= 11 is 0. The molecule has 0 spiro atoms. The molecule has 0 aromatic heterocycles. The highest BCUT2D eigenvalue weighted by molar-refractivity contribution is 5.75. The van der Waals surface area contributed by atoms with Crippen molar-refractivity contribution in [3.63, 3.8) is 0 Å². The lowest BCUT2D eigenvalue weighted by Crippen LogP contribution is -2.36. The summed E-state index contributed by atoms with van der Waals surface area (Å²) in [4.78, 5) is 10.6. The average Bonchev–Trinajstić information content (AvgIpc) is 2.58. The van der Waals surface area contributed by atoms with Crippen LogP contribution in [0.2, 0.25) is 0 Å². The van der Waals surface area contributed by atoms with Gasteiger partial charge in [0, 0.05) is 6.04 Å². The molecule has 3 nitrogen and oxygen atoms in total. The predicted molar refractivity (Wildman–Crippen MR) is 54.8 cm³/mol. The predicted octanol–water partition coefficient (Wildman–Crippen LogP) is 0.507. The molecule has 0 unspecified atom stereocenters. The maximum atomic E-state index is 12.9. The molecule has 0 radical (unpaired) electrons. The number of nitrogens with two attached hydrogens (primary N) is 1. The number of carbonyl (C=O) groups excluding carboxylic acids is 1. The van der Waals surface area contributed by atoms with Crippen LogP contribution in [0.5, 0.6) is 0 Å². The average molecular weight is 226 g/mol. The van der Waals surface area contributed by atoms with Crippen LogP contribution in [0.3, 0.4) is 0 Å². The second-order valence-corrected chi connectivity index (χ2v) is 3.99. The Hall–Kier alpha value is -1.49. The fourth-order valence-electron chi connectivity index (χ4n) is 2.00. The van der Waals surface area contributed by atoms with Crippen LogP contribution in [0.15, 0.2) is 12.1 Å². The van der Waals surface area contributed by atoms with Crippen LogP contribution >= 0.6 is 0 Å². The van der Waals surface area contributed by atoms with Gasteiger partial charge in [-0.3, -0.25) is 4.79 Å². The van der Waals surface area contributed by atoms with E-state index in [1.165, 1.54) is 12.1 Å². The zero-order valence-corrected chi connectivity index (χ0v) is 8.59. The molecule has 86 valence electrons. The van der Waals surface area contributed by atoms with Gasteiger partial charge in [-0.05, 0) is 36.1 Å². The van der Waals surface area contributed by atoms with Gasteiger partial charge < -0.3 is 11.1 Å². The maximum absolute atomic E-state index is 12.9. The van der Waals surface area contributed by atoms with Crippen molar-refractivity contribution in [2.45, 2.75) is 18.9 Å². The van der Waals surface area contributed by atoms with Gasteiger partial charge >= 0.3 is 0 Å². The number of primary amides is 1. The van der Waals surface area contributed by atoms with Crippen molar-refractivity contribution >= 4 is 5.91 Å². The number of nitrogens with one attached hydrogen (secondary N) is 1. The highest BCUT2D eigenvalue weighted by Crippen LogP contribution is 2.24. The lowest BCUT2D eigenvalue weighted by molar-refractivity contribution is -0.117. The minimum absolute atomic E-state index is 0.0312. The van der Waals surface area contributed by atoms with Crippen molar-refractivity contribution in [3.05, 3.63) is 34.9 Å². The minimum Gasteiger partial charge on any atom is -0.369 e. The third-order valence-electron chi connectivity index (χ3n) is 2.74. The zero-order valence-electron chi connectivity index (χ0n) is 8.59. The molecular formula is C11H12F2N2O. The molecule has 0 fully saturated rings. The SMILES string of the molecule is NC(=O)CNC1Cc2cc(F)c(F)cc2C1. The van der Waals surface area contributed by atoms with Gasteiger partial charge in [0.2, 0.25) is 5.91 Å². The van der Waals surface area contributed by atoms with Gasteiger partial charge in [-0.25, -0.2) is 8.78 Å². The lowest BCUT2D eigenvalue weighted by Gasteiger charge is -2.09. The Balaban J connectivity index is 2.06. The highest BCUT2D eigenvalue weighted by Gasteiger charge is 2.23. The summed E-state index contributed by atoms with van der Waals surface area (Å²) in [6.07, 6.45) is 1.19. The third kappa shape index (κ3) is 2.19. The van der Waals surface area contributed by atoms with Crippen molar-refractivity contribution in [1.29, 1.82) is 0 Å². The van der Waals surface area contributed by atoms with E-state index in [4.69, 9.17) is 5.73 Å². The maximum Gasteiger partial charge on any atom is 0.231 e. The summed E-state index contributed by atoms with van der Waals surface area (Å²) in [7, 11) is 0. The van der Waals surface area contributed by atoms with Gasteiger partial charge in [0.15, 0.2) is 11.6 Å². The van der Waals surface area contributed by atoms with Crippen LogP contribution in [0.4, 0.5) is 8.78 Å². The van der Waals surface area contributed by atoms with Crippen molar-refractivity contribution in [2.24, 2.45) is 5.73 Å². The molecule has 3 N–H and O–H groups in total. The quantitative estimate of drug-likeness (QED) is 0.788. The zero-order chi connectivity index (χ0) is 11.7. The minimum atomic E-state index is -0.825. The molecule has 1 aliphatic rings. The van der Waals surface area contributed by atoms with Gasteiger partial charge in [0.05, 0.1) is 6.54 Å². The van der Waals surface area contributed by atoms with E-state index in [0.29, 0.717) is 12.8 Å². The summed E-state index contributed by atoms with van der Waals surface area (Å²) in [5.74, 6) is -2.09. The summed E-state index contributed by atoms with van der Waals surface area (Å²) in [6.45, 7) is 0.0869. The Labute approximate surface area is 91.6 Å². The first-order chi connectivity index (χ1) is 7.56. The Bertz CT molecular complexity index is 403. The number of carbonyl (C=O) groups is 1. The number of rotatable bonds is 3. The van der Waals surface area contributed by atoms with Crippen LogP contribution in [0.1, 0.15) is 11.1 Å². The van der Waals surface area contributed by atoms with E-state index in [2.05, 4.69) is 5.32 Å². The Morgan fingerprint density at radius 1 is 1.31 bits per heavy atom. The molecule has 0 aliphatic heterocycles. The standard InChI is InChI=1S/C11H12F2N2O/c12-9-3-6-1-8(15-5-11(14)16)2-7(6)4-10(9)13/h3-4,8,15H,1-2,5H2,(H2,14,16). The number of hydrogen-bond donors (Lipinski definition) is 2. The van der Waals surface area contributed by atoms with E-state index in [1.807, 2.05) is 0 Å². The van der Waals surface area contributed by atoms with Crippen molar-refractivity contribution < 1.29 is 13.6 Å². The van der Waals surface area contributed by atoms with E-state index in [0.717, 1.165) is 11.1 Å². The summed E-state index contributed by atoms with van der Waals surface area (Å²) in [5, 5.41) is 2.95. The molecule has 16 heavy (non-hydrogen) atoms. The molecule has 0 saturated heterocycles. The van der Waals surface area contributed by atoms with Crippen LogP contribution < -0.4 is 11.1 Å². The van der Waals surface area contributed by atoms with E-state index < -0.39 is 17.5 Å². The fraction of sp³-hybridized carbons (Fsp3) is 0.364. The Morgan fingerprint density at radius 3 is 2.25 bits per heavy atom. The molecule has 2 rings (SSSR count). The van der Waals surface area contributed by atoms with Crippen LogP contribution in [-0.2, 0) is 17.6 Å². The molecule has 1 aromatic rings. The molecule has 1 amide bonds. The van der Waals surface area contributed by atoms with Crippen molar-refractivity contribution in [3.8, 4) is 0 Å². The molecule has 1 aromatic carbocycles. The Kier molecular flexibility index (Phi) is 2.87. The van der Waals surface area contributed by atoms with Gasteiger partial charge in [0.25, 0.3) is 0 Å². The van der Waals surface area contributed by atoms with Crippen molar-refractivity contribution in [2.75, 3.05) is 6.54 Å². The molecular weight excluding hydrogens is 214 g/mol. The summed E-state index contributed by atoms with van der Waals surface area (Å²) in [6, 6.07) is 2.47. The first-order valence-corrected chi connectivity index (χ1v) is 5.04. The van der Waals surface area contributed by atoms with Gasteiger partial charge in [-0.15, -0.1) is 0 Å². The van der Waals surface area contributed by atoms with Crippen molar-refractivity contribution in [1.82, 2.24) is 5.32 Å². The van der Waals surface area contributed by atoms with E-state index in [-0.39, 0.29) is 12.6 Å². The van der Waals surface area contributed by atoms with E-state index in [9.17, 15) is 13.6 Å². The topological polar surface area (TPSA) is 55.1 Å². The van der Waals surface area contributed by atoms with E-state index in [1.54, 1.807) is 0 Å². The second-order valence-electron chi connectivity index (χ2n) is 3.99. The summed E-state index contributed by atoms with van der Waals surface area (Å²) in [5.41, 5.74) is 6.59. The molecule has 1 aliphatic carbocycles. The van der Waals surface area contributed by atoms with Gasteiger partial charge in [-0.2, -0.15) is 0 Å². The van der Waals surface area contributed by atoms with Crippen LogP contribution in [0, 0.1) is 11.6 Å². The number of fused-ring (bicyclic) bond motifs is 1. The third-order valence-corrected chi connectivity index (χ3v) is 2.74. The lowest BCUT2D eigenvalue weighted by atomic mass is 10.1. The Morgan fingerprint density at radius 2 is 1.81 bits per heavy atom. The molecule has 0 saturated carbocycles. The molecule has 5 heteroatoms. The number of benzene rings is 1. The molecule has 0 bridgehead atoms. The number of halogens is 2. The summed E-state index contributed by atoms with van der Waals surface area (Å²) < 4.78 is 25.9. The smallest absolute Gasteiger partial charge is 0.231 e. The van der Waals surface area contributed by atoms with Gasteiger partial charge in [0.1, 0.15) is 0 Å². The largest absolute Gasteiger partial charge is 0.369 e. The monoisotopic (exact) mass is 226 g/mol. The van der Waals surface area contributed by atoms with Gasteiger partial charge in [-0.1, -0.05) is 0 Å². The van der Waals surface area contributed by atoms with Crippen LogP contribution in [0.25, 0.3) is 0 Å². The second kappa shape index (κ2) is 4.17. The normalized spacial score (nSPS) is 15.1. The fourth-order valence-corrected chi connectivity index (χ4v) is 2.00. The molecule has 0 atom stereocenters. The first kappa shape index (κ1) is 11.0. The molecule has 0 heterocycles.